The molecule has 1 aliphatic heterocycles. The van der Waals surface area contributed by atoms with Crippen molar-refractivity contribution in [2.45, 2.75) is 44.7 Å². The second-order valence-electron chi connectivity index (χ2n) is 5.13. The summed E-state index contributed by atoms with van der Waals surface area (Å²) in [6.45, 7) is 6.98. The second kappa shape index (κ2) is 4.72. The molecule has 0 spiro atoms. The maximum atomic E-state index is 12.0. The van der Waals surface area contributed by atoms with Gasteiger partial charge in [-0.25, -0.2) is 0 Å². The van der Waals surface area contributed by atoms with E-state index < -0.39 is 0 Å². The van der Waals surface area contributed by atoms with Gasteiger partial charge in [-0.05, 0) is 33.1 Å². The fourth-order valence-electron chi connectivity index (χ4n) is 2.22. The van der Waals surface area contributed by atoms with E-state index in [0.717, 1.165) is 26.2 Å². The molecule has 1 amide bonds. The van der Waals surface area contributed by atoms with Crippen molar-refractivity contribution in [3.8, 4) is 0 Å². The molecule has 0 aromatic heterocycles. The molecule has 4 heteroatoms. The van der Waals surface area contributed by atoms with Gasteiger partial charge in [-0.15, -0.1) is 0 Å². The Morgan fingerprint density at radius 3 is 2.81 bits per heavy atom. The Morgan fingerprint density at radius 2 is 2.31 bits per heavy atom. The number of carbonyl (C=O) groups is 1. The van der Waals surface area contributed by atoms with Gasteiger partial charge >= 0.3 is 0 Å². The fourth-order valence-corrected chi connectivity index (χ4v) is 2.22. The normalized spacial score (nSPS) is 29.4. The van der Waals surface area contributed by atoms with Gasteiger partial charge in [0.05, 0.1) is 13.2 Å². The van der Waals surface area contributed by atoms with E-state index in [0.29, 0.717) is 12.6 Å². The van der Waals surface area contributed by atoms with E-state index >= 15 is 0 Å². The Hall–Kier alpha value is -0.610. The highest BCUT2D eigenvalue weighted by Crippen LogP contribution is 2.26. The summed E-state index contributed by atoms with van der Waals surface area (Å²) in [7, 11) is 0. The number of hydrogen-bond acceptors (Lipinski definition) is 3. The van der Waals surface area contributed by atoms with Crippen LogP contribution in [0.1, 0.15) is 33.1 Å². The molecule has 0 aromatic carbocycles. The summed E-state index contributed by atoms with van der Waals surface area (Å²) < 4.78 is 5.35. The minimum atomic E-state index is -0.00137. The van der Waals surface area contributed by atoms with Gasteiger partial charge in [-0.1, -0.05) is 0 Å². The predicted octanol–water partition coefficient (Wildman–Crippen LogP) is 0.766. The molecule has 0 bridgehead atoms. The average molecular weight is 226 g/mol. The molecule has 1 heterocycles. The van der Waals surface area contributed by atoms with Gasteiger partial charge in [0.15, 0.2) is 0 Å². The third kappa shape index (κ3) is 2.74. The molecule has 1 N–H and O–H groups in total. The number of amides is 1. The van der Waals surface area contributed by atoms with Gasteiger partial charge in [0, 0.05) is 24.7 Å². The molecule has 92 valence electrons. The molecule has 16 heavy (non-hydrogen) atoms. The molecule has 4 nitrogen and oxygen atoms in total. The van der Waals surface area contributed by atoms with Crippen LogP contribution in [0.4, 0.5) is 0 Å². The summed E-state index contributed by atoms with van der Waals surface area (Å²) in [6.07, 6.45) is 3.36. The average Bonchev–Trinajstić information content (AvgIpc) is 3.00. The third-order valence-electron chi connectivity index (χ3n) is 3.53. The Balaban J connectivity index is 1.77. The van der Waals surface area contributed by atoms with Gasteiger partial charge < -0.3 is 15.0 Å². The minimum absolute atomic E-state index is 0.00137. The number of nitrogens with one attached hydrogen (secondary N) is 1. The number of rotatable bonds is 5. The van der Waals surface area contributed by atoms with Gasteiger partial charge in [0.2, 0.25) is 5.91 Å². The van der Waals surface area contributed by atoms with Crippen LogP contribution >= 0.6 is 0 Å². The van der Waals surface area contributed by atoms with E-state index in [1.165, 1.54) is 12.8 Å². The van der Waals surface area contributed by atoms with Crippen molar-refractivity contribution >= 4 is 5.91 Å². The van der Waals surface area contributed by atoms with Crippen LogP contribution in [-0.4, -0.2) is 48.7 Å². The zero-order chi connectivity index (χ0) is 11.6. The van der Waals surface area contributed by atoms with Gasteiger partial charge in [0.1, 0.15) is 0 Å². The Morgan fingerprint density at radius 1 is 1.56 bits per heavy atom. The molecule has 1 aliphatic carbocycles. The molecule has 0 radical (unpaired) electrons. The largest absolute Gasteiger partial charge is 0.379 e. The topological polar surface area (TPSA) is 41.6 Å². The van der Waals surface area contributed by atoms with E-state index in [2.05, 4.69) is 19.2 Å². The number of ether oxygens (including phenoxy) is 1. The van der Waals surface area contributed by atoms with E-state index in [9.17, 15) is 4.79 Å². The number of carbonyl (C=O) groups excluding carboxylic acids is 1. The van der Waals surface area contributed by atoms with Crippen LogP contribution in [0.2, 0.25) is 0 Å². The molecular formula is C12H22N2O2. The van der Waals surface area contributed by atoms with Crippen molar-refractivity contribution < 1.29 is 9.53 Å². The smallest absolute Gasteiger partial charge is 0.236 e. The van der Waals surface area contributed by atoms with Crippen LogP contribution in [0.25, 0.3) is 0 Å². The lowest BCUT2D eigenvalue weighted by Crippen LogP contribution is -2.49. The SMILES string of the molecule is CCN(C(=O)CNC1(C)CCOC1)C1CC1. The first-order valence-electron chi connectivity index (χ1n) is 6.27. The summed E-state index contributed by atoms with van der Waals surface area (Å²) in [4.78, 5) is 14.0. The van der Waals surface area contributed by atoms with Crippen molar-refractivity contribution in [2.24, 2.45) is 0 Å². The highest BCUT2D eigenvalue weighted by Gasteiger charge is 2.33. The number of hydrogen-bond donors (Lipinski definition) is 1. The van der Waals surface area contributed by atoms with Crippen LogP contribution in [-0.2, 0) is 9.53 Å². The first-order valence-corrected chi connectivity index (χ1v) is 6.27. The lowest BCUT2D eigenvalue weighted by atomic mass is 10.0. The van der Waals surface area contributed by atoms with Crippen molar-refractivity contribution in [2.75, 3.05) is 26.3 Å². The van der Waals surface area contributed by atoms with Crippen molar-refractivity contribution in [1.82, 2.24) is 10.2 Å². The lowest BCUT2D eigenvalue weighted by Gasteiger charge is -2.26. The molecule has 1 saturated carbocycles. The van der Waals surface area contributed by atoms with E-state index in [1.807, 2.05) is 4.90 Å². The first-order chi connectivity index (χ1) is 7.64. The second-order valence-corrected chi connectivity index (χ2v) is 5.13. The molecule has 1 saturated heterocycles. The van der Waals surface area contributed by atoms with Gasteiger partial charge in [-0.2, -0.15) is 0 Å². The van der Waals surface area contributed by atoms with Gasteiger partial charge in [0.25, 0.3) is 0 Å². The minimum Gasteiger partial charge on any atom is -0.379 e. The highest BCUT2D eigenvalue weighted by atomic mass is 16.5. The molecule has 1 atom stereocenters. The summed E-state index contributed by atoms with van der Waals surface area (Å²) in [6, 6.07) is 0.520. The molecular weight excluding hydrogens is 204 g/mol. The molecule has 2 rings (SSSR count). The molecule has 2 fully saturated rings. The maximum Gasteiger partial charge on any atom is 0.236 e. The maximum absolute atomic E-state index is 12.0. The van der Waals surface area contributed by atoms with E-state index in [1.54, 1.807) is 0 Å². The monoisotopic (exact) mass is 226 g/mol. The Labute approximate surface area is 97.3 Å². The fraction of sp³-hybridized carbons (Fsp3) is 0.917. The number of likely N-dealkylation sites (N-methyl/N-ethyl adjacent to an activating group) is 1. The molecule has 1 unspecified atom stereocenters. The van der Waals surface area contributed by atoms with E-state index in [4.69, 9.17) is 4.74 Å². The van der Waals surface area contributed by atoms with Crippen LogP contribution in [0.3, 0.4) is 0 Å². The van der Waals surface area contributed by atoms with Gasteiger partial charge in [-0.3, -0.25) is 4.79 Å². The summed E-state index contributed by atoms with van der Waals surface area (Å²) >= 11 is 0. The summed E-state index contributed by atoms with van der Waals surface area (Å²) in [5.41, 5.74) is -0.00137. The third-order valence-corrected chi connectivity index (χ3v) is 3.53. The first kappa shape index (κ1) is 11.9. The highest BCUT2D eigenvalue weighted by molar-refractivity contribution is 5.79. The summed E-state index contributed by atoms with van der Waals surface area (Å²) in [5.74, 6) is 0.234. The summed E-state index contributed by atoms with van der Waals surface area (Å²) in [5, 5.41) is 3.34. The molecule has 0 aromatic rings. The predicted molar refractivity (Wildman–Crippen MR) is 62.3 cm³/mol. The van der Waals surface area contributed by atoms with Crippen LogP contribution in [0.5, 0.6) is 0 Å². The van der Waals surface area contributed by atoms with Crippen LogP contribution in [0, 0.1) is 0 Å². The standard InChI is InChI=1S/C12H22N2O2/c1-3-14(10-4-5-10)11(15)8-13-12(2)6-7-16-9-12/h10,13H,3-9H2,1-2H3. The van der Waals surface area contributed by atoms with E-state index in [-0.39, 0.29) is 11.4 Å². The Bertz CT molecular complexity index is 258. The lowest BCUT2D eigenvalue weighted by molar-refractivity contribution is -0.131. The zero-order valence-electron chi connectivity index (χ0n) is 10.3. The quantitative estimate of drug-likeness (QED) is 0.752. The molecule has 2 aliphatic rings. The zero-order valence-corrected chi connectivity index (χ0v) is 10.3. The van der Waals surface area contributed by atoms with Crippen molar-refractivity contribution in [3.05, 3.63) is 0 Å². The van der Waals surface area contributed by atoms with Crippen LogP contribution < -0.4 is 5.32 Å². The number of nitrogens with zero attached hydrogens (tertiary/aromatic N) is 1. The van der Waals surface area contributed by atoms with Crippen molar-refractivity contribution in [1.29, 1.82) is 0 Å². The van der Waals surface area contributed by atoms with Crippen molar-refractivity contribution in [3.63, 3.8) is 0 Å². The van der Waals surface area contributed by atoms with Crippen LogP contribution in [0.15, 0.2) is 0 Å². The Kier molecular flexibility index (Phi) is 3.50.